The molecule has 0 unspecified atom stereocenters. The van der Waals surface area contributed by atoms with E-state index in [0.717, 1.165) is 21.7 Å². The second kappa shape index (κ2) is 8.15. The van der Waals surface area contributed by atoms with E-state index >= 15 is 0 Å². The summed E-state index contributed by atoms with van der Waals surface area (Å²) in [5.74, 6) is 0. The fourth-order valence-corrected chi connectivity index (χ4v) is 3.47. The highest BCUT2D eigenvalue weighted by Gasteiger charge is 2.14. The predicted octanol–water partition coefficient (Wildman–Crippen LogP) is 6.57. The van der Waals surface area contributed by atoms with E-state index in [0.29, 0.717) is 10.7 Å². The molecule has 0 atom stereocenters. The minimum Gasteiger partial charge on any atom is -0.325 e. The fourth-order valence-electron chi connectivity index (χ4n) is 2.62. The Bertz CT molecular complexity index is 932. The Morgan fingerprint density at radius 2 is 1.67 bits per heavy atom. The molecular weight excluding hydrogens is 374 g/mol. The normalized spacial score (nSPS) is 11.3. The smallest absolute Gasteiger partial charge is 0.0707 e. The van der Waals surface area contributed by atoms with Crippen LogP contribution < -0.4 is 4.72 Å². The van der Waals surface area contributed by atoms with Crippen LogP contribution >= 0.6 is 23.5 Å². The number of anilines is 1. The van der Waals surface area contributed by atoms with Crippen molar-refractivity contribution in [1.82, 2.24) is 4.98 Å². The van der Waals surface area contributed by atoms with Crippen LogP contribution in [-0.4, -0.2) is 10.7 Å². The maximum absolute atomic E-state index is 8.55. The van der Waals surface area contributed by atoms with Crippen LogP contribution in [0.5, 0.6) is 0 Å². The molecule has 3 rings (SSSR count). The quantitative estimate of drug-likeness (QED) is 0.379. The van der Waals surface area contributed by atoms with Gasteiger partial charge in [0.05, 0.1) is 11.4 Å². The molecule has 3 aromatic rings. The fraction of sp³-hybridized carbons (Fsp3) is 0.182. The van der Waals surface area contributed by atoms with E-state index < -0.39 is 0 Å². The van der Waals surface area contributed by atoms with Crippen molar-refractivity contribution in [1.29, 1.82) is 5.41 Å². The summed E-state index contributed by atoms with van der Waals surface area (Å²) in [6.45, 7) is 6.62. The van der Waals surface area contributed by atoms with Crippen LogP contribution in [0.3, 0.4) is 0 Å². The van der Waals surface area contributed by atoms with Crippen molar-refractivity contribution in [2.75, 3.05) is 4.72 Å². The molecule has 0 radical (unpaired) electrons. The lowest BCUT2D eigenvalue weighted by atomic mass is 9.87. The predicted molar refractivity (Wildman–Crippen MR) is 116 cm³/mol. The average molecular weight is 396 g/mol. The molecule has 0 fully saturated rings. The molecule has 0 saturated heterocycles. The number of nitrogens with zero attached hydrogens (tertiary/aromatic N) is 1. The molecule has 1 aromatic heterocycles. The van der Waals surface area contributed by atoms with Gasteiger partial charge in [-0.05, 0) is 65.4 Å². The molecule has 0 bridgehead atoms. The second-order valence-corrected chi connectivity index (χ2v) is 8.60. The van der Waals surface area contributed by atoms with E-state index in [2.05, 4.69) is 54.7 Å². The van der Waals surface area contributed by atoms with Crippen LogP contribution in [0.4, 0.5) is 5.69 Å². The standard InChI is InChI=1S/C22H22ClN3S/c1-22(2,3)16-4-7-18(8-5-16)27-26-20-9-6-17(23)14-19(20)21(24)15-10-12-25-13-11-15/h4-14,24,26H,1-3H3. The van der Waals surface area contributed by atoms with Gasteiger partial charge in [0.15, 0.2) is 0 Å². The molecule has 27 heavy (non-hydrogen) atoms. The van der Waals surface area contributed by atoms with Gasteiger partial charge in [0, 0.05) is 33.4 Å². The average Bonchev–Trinajstić information content (AvgIpc) is 2.66. The van der Waals surface area contributed by atoms with Crippen molar-refractivity contribution in [2.45, 2.75) is 31.1 Å². The van der Waals surface area contributed by atoms with Gasteiger partial charge in [-0.3, -0.25) is 10.4 Å². The van der Waals surface area contributed by atoms with Crippen molar-refractivity contribution >= 4 is 34.9 Å². The zero-order valence-electron chi connectivity index (χ0n) is 15.6. The third kappa shape index (κ3) is 4.90. The first-order valence-corrected chi connectivity index (χ1v) is 9.86. The minimum atomic E-state index is 0.138. The van der Waals surface area contributed by atoms with Crippen LogP contribution in [0.15, 0.2) is 71.9 Å². The van der Waals surface area contributed by atoms with Gasteiger partial charge in [-0.1, -0.05) is 44.5 Å². The third-order valence-corrected chi connectivity index (χ3v) is 5.28. The molecule has 0 aliphatic rings. The number of halogens is 1. The van der Waals surface area contributed by atoms with Crippen molar-refractivity contribution in [2.24, 2.45) is 0 Å². The highest BCUT2D eigenvalue weighted by atomic mass is 35.5. The molecular formula is C22H22ClN3S. The molecule has 0 spiro atoms. The van der Waals surface area contributed by atoms with Gasteiger partial charge < -0.3 is 4.72 Å². The highest BCUT2D eigenvalue weighted by molar-refractivity contribution is 8.00. The number of rotatable bonds is 5. The molecule has 2 aromatic carbocycles. The SMILES string of the molecule is CC(C)(C)c1ccc(SNc2ccc(Cl)cc2C(=N)c2ccncc2)cc1. The van der Waals surface area contributed by atoms with E-state index in [1.54, 1.807) is 12.4 Å². The van der Waals surface area contributed by atoms with Crippen molar-refractivity contribution in [3.05, 3.63) is 88.7 Å². The zero-order valence-corrected chi connectivity index (χ0v) is 17.2. The summed E-state index contributed by atoms with van der Waals surface area (Å²) in [5.41, 5.74) is 4.26. The van der Waals surface area contributed by atoms with E-state index in [4.69, 9.17) is 17.0 Å². The summed E-state index contributed by atoms with van der Waals surface area (Å²) in [7, 11) is 0. The third-order valence-electron chi connectivity index (χ3n) is 4.22. The summed E-state index contributed by atoms with van der Waals surface area (Å²) < 4.78 is 3.37. The molecule has 0 amide bonds. The number of pyridine rings is 1. The summed E-state index contributed by atoms with van der Waals surface area (Å²) in [4.78, 5) is 5.13. The lowest BCUT2D eigenvalue weighted by molar-refractivity contribution is 0.590. The lowest BCUT2D eigenvalue weighted by Crippen LogP contribution is -2.10. The van der Waals surface area contributed by atoms with E-state index in [9.17, 15) is 0 Å². The van der Waals surface area contributed by atoms with Crippen molar-refractivity contribution in [3.63, 3.8) is 0 Å². The number of hydrogen-bond donors (Lipinski definition) is 2. The molecule has 0 saturated carbocycles. The first kappa shape index (κ1) is 19.5. The van der Waals surface area contributed by atoms with E-state index in [1.165, 1.54) is 17.5 Å². The molecule has 1 heterocycles. The van der Waals surface area contributed by atoms with Gasteiger partial charge in [-0.25, -0.2) is 0 Å². The van der Waals surface area contributed by atoms with E-state index in [1.807, 2.05) is 30.3 Å². The van der Waals surface area contributed by atoms with Crippen LogP contribution in [0.2, 0.25) is 5.02 Å². The summed E-state index contributed by atoms with van der Waals surface area (Å²) in [6, 6.07) is 17.7. The number of hydrogen-bond acceptors (Lipinski definition) is 4. The van der Waals surface area contributed by atoms with Crippen molar-refractivity contribution < 1.29 is 0 Å². The zero-order chi connectivity index (χ0) is 19.4. The molecule has 3 nitrogen and oxygen atoms in total. The Hall–Kier alpha value is -2.30. The number of benzene rings is 2. The largest absolute Gasteiger partial charge is 0.325 e. The molecule has 2 N–H and O–H groups in total. The number of nitrogens with one attached hydrogen (secondary N) is 2. The van der Waals surface area contributed by atoms with Gasteiger partial charge in [0.2, 0.25) is 0 Å². The van der Waals surface area contributed by atoms with Gasteiger partial charge in [0.25, 0.3) is 0 Å². The van der Waals surface area contributed by atoms with Gasteiger partial charge >= 0.3 is 0 Å². The van der Waals surface area contributed by atoms with Crippen molar-refractivity contribution in [3.8, 4) is 0 Å². The summed E-state index contributed by atoms with van der Waals surface area (Å²) in [5, 5.41) is 9.16. The first-order valence-electron chi connectivity index (χ1n) is 8.67. The van der Waals surface area contributed by atoms with Crippen LogP contribution in [-0.2, 0) is 5.41 Å². The topological polar surface area (TPSA) is 48.8 Å². The summed E-state index contributed by atoms with van der Waals surface area (Å²) >= 11 is 7.71. The Morgan fingerprint density at radius 1 is 1.00 bits per heavy atom. The lowest BCUT2D eigenvalue weighted by Gasteiger charge is -2.19. The first-order chi connectivity index (χ1) is 12.8. The minimum absolute atomic E-state index is 0.138. The summed E-state index contributed by atoms with van der Waals surface area (Å²) in [6.07, 6.45) is 3.38. The highest BCUT2D eigenvalue weighted by Crippen LogP contribution is 2.29. The van der Waals surface area contributed by atoms with Crippen LogP contribution in [0.1, 0.15) is 37.5 Å². The number of aromatic nitrogens is 1. The van der Waals surface area contributed by atoms with Gasteiger partial charge in [-0.2, -0.15) is 0 Å². The van der Waals surface area contributed by atoms with E-state index in [-0.39, 0.29) is 5.41 Å². The molecule has 0 aliphatic carbocycles. The maximum Gasteiger partial charge on any atom is 0.0707 e. The van der Waals surface area contributed by atoms with Crippen LogP contribution in [0, 0.1) is 5.41 Å². The Balaban J connectivity index is 1.80. The Kier molecular flexibility index (Phi) is 5.88. The van der Waals surface area contributed by atoms with Gasteiger partial charge in [-0.15, -0.1) is 0 Å². The molecule has 0 aliphatic heterocycles. The Morgan fingerprint density at radius 3 is 2.30 bits per heavy atom. The van der Waals surface area contributed by atoms with Gasteiger partial charge in [0.1, 0.15) is 0 Å². The van der Waals surface area contributed by atoms with Crippen LogP contribution in [0.25, 0.3) is 0 Å². The maximum atomic E-state index is 8.55. The monoisotopic (exact) mass is 395 g/mol. The second-order valence-electron chi connectivity index (χ2n) is 7.28. The molecule has 5 heteroatoms. The molecule has 138 valence electrons. The Labute approximate surface area is 169 Å².